The molecule has 98 valence electrons. The van der Waals surface area contributed by atoms with E-state index in [9.17, 15) is 4.79 Å². The summed E-state index contributed by atoms with van der Waals surface area (Å²) in [6.07, 6.45) is 10.6. The summed E-state index contributed by atoms with van der Waals surface area (Å²) in [5, 5.41) is 9.12. The Labute approximate surface area is 104 Å². The van der Waals surface area contributed by atoms with Gasteiger partial charge in [0, 0.05) is 6.04 Å². The standard InChI is InChI=1S/C14H25NO2/c16-14(17)11-13(12-7-3-1-4-8-12)15-9-5-2-6-10-15/h12-13H,1-11H2,(H,16,17). The minimum absolute atomic E-state index is 0.313. The van der Waals surface area contributed by atoms with Crippen LogP contribution in [0.5, 0.6) is 0 Å². The van der Waals surface area contributed by atoms with Crippen LogP contribution in [0.15, 0.2) is 0 Å². The molecular weight excluding hydrogens is 214 g/mol. The average molecular weight is 239 g/mol. The van der Waals surface area contributed by atoms with E-state index in [0.29, 0.717) is 18.4 Å². The van der Waals surface area contributed by atoms with Gasteiger partial charge in [0.2, 0.25) is 0 Å². The first-order valence-corrected chi connectivity index (χ1v) is 7.23. The minimum Gasteiger partial charge on any atom is -0.481 e. The van der Waals surface area contributed by atoms with Crippen LogP contribution in [0.3, 0.4) is 0 Å². The second kappa shape index (κ2) is 6.39. The zero-order valence-electron chi connectivity index (χ0n) is 10.7. The van der Waals surface area contributed by atoms with Crippen molar-refractivity contribution in [2.24, 2.45) is 5.92 Å². The number of carbonyl (C=O) groups is 1. The van der Waals surface area contributed by atoms with Crippen LogP contribution < -0.4 is 0 Å². The van der Waals surface area contributed by atoms with Crippen LogP contribution in [-0.4, -0.2) is 35.1 Å². The predicted molar refractivity (Wildman–Crippen MR) is 68.0 cm³/mol. The van der Waals surface area contributed by atoms with Crippen LogP contribution in [0.25, 0.3) is 0 Å². The van der Waals surface area contributed by atoms with E-state index in [1.54, 1.807) is 0 Å². The van der Waals surface area contributed by atoms with Crippen LogP contribution in [0.2, 0.25) is 0 Å². The van der Waals surface area contributed by atoms with Crippen molar-refractivity contribution in [3.8, 4) is 0 Å². The Morgan fingerprint density at radius 1 is 1.06 bits per heavy atom. The lowest BCUT2D eigenvalue weighted by atomic mass is 9.81. The van der Waals surface area contributed by atoms with Gasteiger partial charge in [0.05, 0.1) is 6.42 Å². The highest BCUT2D eigenvalue weighted by Gasteiger charge is 2.31. The topological polar surface area (TPSA) is 40.5 Å². The van der Waals surface area contributed by atoms with Gasteiger partial charge in [0.1, 0.15) is 0 Å². The van der Waals surface area contributed by atoms with Crippen LogP contribution in [0.4, 0.5) is 0 Å². The molecule has 2 aliphatic rings. The van der Waals surface area contributed by atoms with E-state index < -0.39 is 5.97 Å². The second-order valence-corrected chi connectivity index (χ2v) is 5.66. The summed E-state index contributed by atoms with van der Waals surface area (Å²) in [6, 6.07) is 0.313. The molecule has 2 fully saturated rings. The number of piperidine rings is 1. The monoisotopic (exact) mass is 239 g/mol. The van der Waals surface area contributed by atoms with E-state index in [1.807, 2.05) is 0 Å². The molecule has 0 aromatic heterocycles. The number of nitrogens with zero attached hydrogens (tertiary/aromatic N) is 1. The Morgan fingerprint density at radius 2 is 1.65 bits per heavy atom. The van der Waals surface area contributed by atoms with Gasteiger partial charge < -0.3 is 5.11 Å². The van der Waals surface area contributed by atoms with Gasteiger partial charge >= 0.3 is 5.97 Å². The second-order valence-electron chi connectivity index (χ2n) is 5.66. The molecule has 1 heterocycles. The van der Waals surface area contributed by atoms with Crippen molar-refractivity contribution in [2.75, 3.05) is 13.1 Å². The smallest absolute Gasteiger partial charge is 0.304 e. The fourth-order valence-corrected chi connectivity index (χ4v) is 3.54. The lowest BCUT2D eigenvalue weighted by Crippen LogP contribution is -2.45. The Kier molecular flexibility index (Phi) is 4.84. The maximum atomic E-state index is 11.1. The van der Waals surface area contributed by atoms with E-state index in [0.717, 1.165) is 13.1 Å². The third-order valence-corrected chi connectivity index (χ3v) is 4.44. The van der Waals surface area contributed by atoms with Crippen molar-refractivity contribution in [3.05, 3.63) is 0 Å². The maximum absolute atomic E-state index is 11.1. The van der Waals surface area contributed by atoms with Crippen molar-refractivity contribution in [1.82, 2.24) is 4.90 Å². The van der Waals surface area contributed by atoms with Crippen LogP contribution in [-0.2, 0) is 4.79 Å². The SMILES string of the molecule is O=C(O)CC(C1CCCCC1)N1CCCCC1. The summed E-state index contributed by atoms with van der Waals surface area (Å²) >= 11 is 0. The lowest BCUT2D eigenvalue weighted by molar-refractivity contribution is -0.139. The fraction of sp³-hybridized carbons (Fsp3) is 0.929. The van der Waals surface area contributed by atoms with Crippen molar-refractivity contribution in [1.29, 1.82) is 0 Å². The molecule has 0 aromatic rings. The van der Waals surface area contributed by atoms with Crippen molar-refractivity contribution < 1.29 is 9.90 Å². The summed E-state index contributed by atoms with van der Waals surface area (Å²) in [7, 11) is 0. The largest absolute Gasteiger partial charge is 0.481 e. The average Bonchev–Trinajstić information content (AvgIpc) is 2.38. The maximum Gasteiger partial charge on any atom is 0.304 e. The Hall–Kier alpha value is -0.570. The highest BCUT2D eigenvalue weighted by atomic mass is 16.4. The van der Waals surface area contributed by atoms with Crippen LogP contribution in [0, 0.1) is 5.92 Å². The van der Waals surface area contributed by atoms with Gasteiger partial charge in [-0.25, -0.2) is 0 Å². The van der Waals surface area contributed by atoms with E-state index in [1.165, 1.54) is 51.4 Å². The third kappa shape index (κ3) is 3.70. The highest BCUT2D eigenvalue weighted by Crippen LogP contribution is 2.31. The molecule has 1 aliphatic heterocycles. The summed E-state index contributed by atoms with van der Waals surface area (Å²) < 4.78 is 0. The predicted octanol–water partition coefficient (Wildman–Crippen LogP) is 2.90. The molecule has 3 nitrogen and oxygen atoms in total. The van der Waals surface area contributed by atoms with Gasteiger partial charge in [-0.15, -0.1) is 0 Å². The van der Waals surface area contributed by atoms with Gasteiger partial charge in [-0.1, -0.05) is 25.7 Å². The zero-order chi connectivity index (χ0) is 12.1. The molecule has 1 atom stereocenters. The van der Waals surface area contributed by atoms with Crippen molar-refractivity contribution in [3.63, 3.8) is 0 Å². The van der Waals surface area contributed by atoms with E-state index in [4.69, 9.17) is 5.11 Å². The first-order valence-electron chi connectivity index (χ1n) is 7.23. The summed E-state index contributed by atoms with van der Waals surface area (Å²) in [4.78, 5) is 13.5. The van der Waals surface area contributed by atoms with Gasteiger partial charge in [0.25, 0.3) is 0 Å². The van der Waals surface area contributed by atoms with Gasteiger partial charge in [-0.2, -0.15) is 0 Å². The third-order valence-electron chi connectivity index (χ3n) is 4.44. The summed E-state index contributed by atoms with van der Waals surface area (Å²) in [5.41, 5.74) is 0. The quantitative estimate of drug-likeness (QED) is 0.820. The molecule has 1 saturated heterocycles. The zero-order valence-corrected chi connectivity index (χ0v) is 10.7. The molecule has 1 saturated carbocycles. The number of carboxylic acids is 1. The van der Waals surface area contributed by atoms with Crippen LogP contribution >= 0.6 is 0 Å². The summed E-state index contributed by atoms with van der Waals surface area (Å²) in [6.45, 7) is 2.24. The van der Waals surface area contributed by atoms with Gasteiger partial charge in [-0.3, -0.25) is 9.69 Å². The number of carboxylic acid groups (broad SMARTS) is 1. The number of likely N-dealkylation sites (tertiary alicyclic amines) is 1. The van der Waals surface area contributed by atoms with E-state index >= 15 is 0 Å². The van der Waals surface area contributed by atoms with E-state index in [2.05, 4.69) is 4.90 Å². The number of hydrogen-bond acceptors (Lipinski definition) is 2. The Bertz CT molecular complexity index is 225. The van der Waals surface area contributed by atoms with Crippen molar-refractivity contribution in [2.45, 2.75) is 63.8 Å². The molecule has 3 heteroatoms. The highest BCUT2D eigenvalue weighted by molar-refractivity contribution is 5.67. The first kappa shape index (κ1) is 12.9. The number of hydrogen-bond donors (Lipinski definition) is 1. The Morgan fingerprint density at radius 3 is 2.24 bits per heavy atom. The Balaban J connectivity index is 1.97. The molecule has 0 radical (unpaired) electrons. The van der Waals surface area contributed by atoms with Gasteiger partial charge in [0.15, 0.2) is 0 Å². The molecule has 2 rings (SSSR count). The summed E-state index contributed by atoms with van der Waals surface area (Å²) in [5.74, 6) is 0.0177. The first-order chi connectivity index (χ1) is 8.27. The lowest BCUT2D eigenvalue weighted by Gasteiger charge is -2.40. The molecule has 0 bridgehead atoms. The minimum atomic E-state index is -0.619. The molecule has 1 aliphatic carbocycles. The van der Waals surface area contributed by atoms with Crippen molar-refractivity contribution >= 4 is 5.97 Å². The number of rotatable bonds is 4. The molecule has 17 heavy (non-hydrogen) atoms. The van der Waals surface area contributed by atoms with E-state index in [-0.39, 0.29) is 0 Å². The fourth-order valence-electron chi connectivity index (χ4n) is 3.54. The molecular formula is C14H25NO2. The normalized spacial score (nSPS) is 25.6. The van der Waals surface area contributed by atoms with Gasteiger partial charge in [-0.05, 0) is 44.7 Å². The molecule has 0 aromatic carbocycles. The van der Waals surface area contributed by atoms with Crippen LogP contribution in [0.1, 0.15) is 57.8 Å². The molecule has 0 spiro atoms. The molecule has 0 amide bonds. The molecule has 1 N–H and O–H groups in total. The number of aliphatic carboxylic acids is 1. The molecule has 1 unspecified atom stereocenters.